The zero-order valence-electron chi connectivity index (χ0n) is 34.3. The number of nitrogens with one attached hydrogen (secondary N) is 1. The Kier molecular flexibility index (Phi) is 10.5. The molecule has 0 unspecified atom stereocenters. The van der Waals surface area contributed by atoms with Crippen molar-refractivity contribution in [3.8, 4) is 34.4 Å². The quantitative estimate of drug-likeness (QED) is 0.122. The van der Waals surface area contributed by atoms with Crippen molar-refractivity contribution < 1.29 is 27.8 Å². The number of fused-ring (bicyclic) bond motifs is 5. The summed E-state index contributed by atoms with van der Waals surface area (Å²) in [7, 11) is -0.572. The molecule has 5 heterocycles. The van der Waals surface area contributed by atoms with Crippen molar-refractivity contribution in [2.45, 2.75) is 114 Å². The molecule has 4 atom stereocenters. The Bertz CT molecular complexity index is 2230. The molecule has 0 amide bonds. The third-order valence-corrected chi connectivity index (χ3v) is 20.0. The highest BCUT2D eigenvalue weighted by Gasteiger charge is 2.50. The van der Waals surface area contributed by atoms with Gasteiger partial charge in [0.25, 0.3) is 0 Å². The number of aromatic hydroxyl groups is 1. The lowest BCUT2D eigenvalue weighted by Gasteiger charge is -2.42. The van der Waals surface area contributed by atoms with E-state index in [9.17, 15) is 9.50 Å². The third kappa shape index (κ3) is 6.86. The number of halogens is 3. The summed E-state index contributed by atoms with van der Waals surface area (Å²) in [5.74, 6) is 2.66. The van der Waals surface area contributed by atoms with E-state index in [1.807, 2.05) is 6.07 Å². The highest BCUT2D eigenvalue weighted by Crippen LogP contribution is 2.44. The number of hydrogen-bond donors (Lipinski definition) is 2. The van der Waals surface area contributed by atoms with Gasteiger partial charge in [-0.25, -0.2) is 13.2 Å². The number of methoxy groups -OCH3 is 1. The van der Waals surface area contributed by atoms with E-state index in [0.717, 1.165) is 32.2 Å². The van der Waals surface area contributed by atoms with Crippen LogP contribution in [0.5, 0.6) is 11.8 Å². The van der Waals surface area contributed by atoms with Crippen LogP contribution in [0.4, 0.5) is 19.0 Å². The van der Waals surface area contributed by atoms with Gasteiger partial charge in [0.15, 0.2) is 5.82 Å². The molecule has 8 nitrogen and oxygen atoms in total. The number of phenolic OH excluding ortho intramolecular Hbond substituents is 1. The summed E-state index contributed by atoms with van der Waals surface area (Å²) in [6.07, 6.45) is 3.15. The lowest BCUT2D eigenvalue weighted by Crippen LogP contribution is -2.61. The van der Waals surface area contributed by atoms with Crippen molar-refractivity contribution in [2.24, 2.45) is 0 Å². The van der Waals surface area contributed by atoms with E-state index >= 15 is 8.78 Å². The van der Waals surface area contributed by atoms with Gasteiger partial charge in [-0.2, -0.15) is 9.97 Å². The number of piperazine rings is 1. The Labute approximate surface area is 335 Å². The molecule has 0 aliphatic carbocycles. The van der Waals surface area contributed by atoms with Crippen LogP contribution in [0, 0.1) is 23.1 Å². The average molecular weight is 800 g/mol. The molecule has 4 aromatic rings. The van der Waals surface area contributed by atoms with Crippen LogP contribution in [0.2, 0.25) is 16.6 Å². The van der Waals surface area contributed by atoms with Gasteiger partial charge < -0.3 is 24.8 Å². The summed E-state index contributed by atoms with van der Waals surface area (Å²) in [5, 5.41) is 16.3. The molecule has 0 saturated carbocycles. The van der Waals surface area contributed by atoms with E-state index < -0.39 is 31.4 Å². The highest BCUT2D eigenvalue weighted by molar-refractivity contribution is 6.90. The van der Waals surface area contributed by atoms with Gasteiger partial charge in [-0.05, 0) is 84.1 Å². The maximum Gasteiger partial charge on any atom is 0.319 e. The van der Waals surface area contributed by atoms with E-state index in [0.29, 0.717) is 76.8 Å². The van der Waals surface area contributed by atoms with Crippen molar-refractivity contribution in [1.82, 2.24) is 20.2 Å². The number of rotatable bonds is 10. The summed E-state index contributed by atoms with van der Waals surface area (Å²) in [4.78, 5) is 14.1. The second-order valence-corrected chi connectivity index (χ2v) is 23.7. The van der Waals surface area contributed by atoms with Crippen molar-refractivity contribution >= 4 is 35.6 Å². The number of alkyl halides is 1. The molecule has 4 saturated heterocycles. The molecule has 4 aliphatic heterocycles. The van der Waals surface area contributed by atoms with Gasteiger partial charge >= 0.3 is 6.01 Å². The van der Waals surface area contributed by atoms with Gasteiger partial charge in [0.05, 0.1) is 23.2 Å². The van der Waals surface area contributed by atoms with Crippen LogP contribution in [0.25, 0.3) is 32.8 Å². The summed E-state index contributed by atoms with van der Waals surface area (Å²) < 4.78 is 60.5. The molecule has 2 N–H and O–H groups in total. The zero-order valence-corrected chi connectivity index (χ0v) is 35.3. The number of anilines is 1. The molecular formula is C45H56F3N5O3Si. The van der Waals surface area contributed by atoms with E-state index in [1.165, 1.54) is 12.1 Å². The Balaban J connectivity index is 1.29. The predicted octanol–water partition coefficient (Wildman–Crippen LogP) is 8.92. The number of aromatic nitrogens is 2. The molecule has 1 aromatic heterocycles. The predicted molar refractivity (Wildman–Crippen MR) is 224 cm³/mol. The molecule has 3 aromatic carbocycles. The first-order valence-corrected chi connectivity index (χ1v) is 22.9. The Morgan fingerprint density at radius 3 is 2.49 bits per heavy atom. The maximum absolute atomic E-state index is 17.6. The average Bonchev–Trinajstić information content (AvgIpc) is 3.79. The van der Waals surface area contributed by atoms with Crippen molar-refractivity contribution in [2.75, 3.05) is 51.4 Å². The van der Waals surface area contributed by atoms with Crippen molar-refractivity contribution in [3.63, 3.8) is 0 Å². The highest BCUT2D eigenvalue weighted by atomic mass is 28.3. The van der Waals surface area contributed by atoms with E-state index in [-0.39, 0.29) is 46.6 Å². The lowest BCUT2D eigenvalue weighted by molar-refractivity contribution is 0.107. The Hall–Kier alpha value is -3.89. The van der Waals surface area contributed by atoms with Crippen LogP contribution in [-0.2, 0) is 4.74 Å². The van der Waals surface area contributed by atoms with Gasteiger partial charge in [-0.1, -0.05) is 59.6 Å². The standard InChI is InChI=1S/C45H56F3N5O3Si/c1-27(2)57(28(3)4,29(5)6)18-14-35-38(47)12-9-30-19-33(54)20-37(39(30)35)34-10-11-36-41(40(34)48)49-43(56-26-45-15-8-17-53(45)22-31(46)21-45)50-42(36)52-23-32-13-16-44(24-52,51-32)25-55-7/h9-12,19-20,27-29,31-32,51,54H,8,13,15-17,21-26H2,1-7H3/t31-,32+,44-,45+/m1/s1. The number of benzene rings is 3. The molecule has 12 heteroatoms. The first-order chi connectivity index (χ1) is 27.2. The van der Waals surface area contributed by atoms with Crippen LogP contribution in [-0.4, -0.2) is 97.8 Å². The first kappa shape index (κ1) is 39.9. The van der Waals surface area contributed by atoms with Crippen LogP contribution >= 0.6 is 0 Å². The Morgan fingerprint density at radius 2 is 1.75 bits per heavy atom. The van der Waals surface area contributed by atoms with Crippen LogP contribution < -0.4 is 15.0 Å². The normalized spacial score (nSPS) is 25.0. The zero-order chi connectivity index (χ0) is 40.4. The van der Waals surface area contributed by atoms with Crippen LogP contribution in [0.15, 0.2) is 36.4 Å². The SMILES string of the molecule is COC[C@@]12CC[C@@H](CN(c3nc(OC[C@@]45CCCN4C[C@H](F)C5)nc4c(F)c(-c5cc(O)cc6ccc(F)c(C#C[Si](C(C)C)(C(C)C)C(C)C)c56)ccc34)C1)N2. The smallest absolute Gasteiger partial charge is 0.319 e. The molecular weight excluding hydrogens is 744 g/mol. The van der Waals surface area contributed by atoms with Crippen LogP contribution in [0.1, 0.15) is 79.2 Å². The van der Waals surface area contributed by atoms with Gasteiger partial charge in [-0.3, -0.25) is 4.90 Å². The summed E-state index contributed by atoms with van der Waals surface area (Å²) in [6, 6.07) is 9.75. The molecule has 4 fully saturated rings. The molecule has 4 aliphatic rings. The van der Waals surface area contributed by atoms with E-state index in [1.54, 1.807) is 25.3 Å². The van der Waals surface area contributed by atoms with Crippen LogP contribution in [0.3, 0.4) is 0 Å². The molecule has 2 bridgehead atoms. The minimum Gasteiger partial charge on any atom is -0.508 e. The fourth-order valence-electron chi connectivity index (χ4n) is 11.2. The second kappa shape index (κ2) is 15.0. The van der Waals surface area contributed by atoms with Gasteiger partial charge in [0.2, 0.25) is 0 Å². The first-order valence-electron chi connectivity index (χ1n) is 20.7. The minimum atomic E-state index is -2.27. The van der Waals surface area contributed by atoms with Crippen molar-refractivity contribution in [3.05, 3.63) is 53.6 Å². The van der Waals surface area contributed by atoms with Crippen molar-refractivity contribution in [1.29, 1.82) is 0 Å². The fraction of sp³-hybridized carbons (Fsp3) is 0.556. The summed E-state index contributed by atoms with van der Waals surface area (Å²) in [5.41, 5.74) is 4.64. The third-order valence-electron chi connectivity index (χ3n) is 13.7. The Morgan fingerprint density at radius 1 is 0.982 bits per heavy atom. The summed E-state index contributed by atoms with van der Waals surface area (Å²) >= 11 is 0. The number of phenols is 1. The largest absolute Gasteiger partial charge is 0.508 e. The number of nitrogens with zero attached hydrogens (tertiary/aromatic N) is 4. The maximum atomic E-state index is 17.6. The topological polar surface area (TPSA) is 83.0 Å². The fourth-order valence-corrected chi connectivity index (χ4v) is 16.4. The molecule has 304 valence electrons. The summed E-state index contributed by atoms with van der Waals surface area (Å²) in [6.45, 7) is 16.4. The van der Waals surface area contributed by atoms with E-state index in [2.05, 4.69) is 68.1 Å². The van der Waals surface area contributed by atoms with Gasteiger partial charge in [-0.15, -0.1) is 5.54 Å². The minimum absolute atomic E-state index is 0.0273. The molecule has 57 heavy (non-hydrogen) atoms. The molecule has 8 rings (SSSR count). The number of hydrogen-bond acceptors (Lipinski definition) is 8. The monoisotopic (exact) mass is 799 g/mol. The number of ether oxygens (including phenoxy) is 2. The molecule has 0 spiro atoms. The second-order valence-electron chi connectivity index (χ2n) is 18.2. The van der Waals surface area contributed by atoms with Gasteiger partial charge in [0.1, 0.15) is 43.8 Å². The molecule has 0 radical (unpaired) electrons. The lowest BCUT2D eigenvalue weighted by atomic mass is 9.93. The van der Waals surface area contributed by atoms with Gasteiger partial charge in [0, 0.05) is 55.5 Å². The van der Waals surface area contributed by atoms with E-state index in [4.69, 9.17) is 19.4 Å².